The molecule has 0 spiro atoms. The summed E-state index contributed by atoms with van der Waals surface area (Å²) < 4.78 is 31.7. The van der Waals surface area contributed by atoms with E-state index in [1.807, 2.05) is 20.8 Å². The highest BCUT2D eigenvalue weighted by Gasteiger charge is 2.65. The number of imidazole rings is 1. The Hall–Kier alpha value is -2.82. The molecule has 0 amide bonds. The molecular weight excluding hydrogens is 452 g/mol. The maximum Gasteiger partial charge on any atom is 0.241 e. The van der Waals surface area contributed by atoms with E-state index < -0.39 is 21.2 Å². The number of nitrogens with zero attached hydrogens (tertiary/aromatic N) is 4. The molecule has 4 N–H and O–H groups in total. The summed E-state index contributed by atoms with van der Waals surface area (Å²) in [6, 6.07) is 5.04. The molecule has 0 saturated heterocycles. The van der Waals surface area contributed by atoms with Gasteiger partial charge in [-0.05, 0) is 62.8 Å². The average molecular weight is 483 g/mol. The van der Waals surface area contributed by atoms with Crippen LogP contribution in [0.4, 0.5) is 5.82 Å². The van der Waals surface area contributed by atoms with Gasteiger partial charge in [0.1, 0.15) is 6.33 Å². The van der Waals surface area contributed by atoms with E-state index in [1.54, 1.807) is 42.8 Å². The maximum atomic E-state index is 13.6. The third kappa shape index (κ3) is 3.05. The normalized spacial score (nSPS) is 26.9. The highest BCUT2D eigenvalue weighted by molar-refractivity contribution is 7.89. The topological polar surface area (TPSA) is 136 Å². The molecule has 0 aliphatic heterocycles. The molecule has 180 valence electrons. The average Bonchev–Trinajstić information content (AvgIpc) is 3.15. The summed E-state index contributed by atoms with van der Waals surface area (Å²) >= 11 is 0. The highest BCUT2D eigenvalue weighted by Crippen LogP contribution is 2.64. The minimum atomic E-state index is -3.82. The smallest absolute Gasteiger partial charge is 0.241 e. The Balaban J connectivity index is 1.51. The van der Waals surface area contributed by atoms with Gasteiger partial charge in [-0.25, -0.2) is 27.6 Å². The summed E-state index contributed by atoms with van der Waals surface area (Å²) in [5.74, 6) is 0.422. The van der Waals surface area contributed by atoms with Crippen LogP contribution in [-0.4, -0.2) is 44.2 Å². The Morgan fingerprint density at radius 3 is 2.62 bits per heavy atom. The van der Waals surface area contributed by atoms with Crippen molar-refractivity contribution in [2.45, 2.75) is 57.6 Å². The minimum Gasteiger partial charge on any atom is -0.386 e. The van der Waals surface area contributed by atoms with E-state index in [0.717, 1.165) is 11.1 Å². The van der Waals surface area contributed by atoms with E-state index in [1.165, 1.54) is 11.9 Å². The van der Waals surface area contributed by atoms with E-state index >= 15 is 0 Å². The molecule has 5 rings (SSSR count). The number of benzene rings is 1. The minimum absolute atomic E-state index is 0.00623. The van der Waals surface area contributed by atoms with Crippen LogP contribution in [0.3, 0.4) is 0 Å². The van der Waals surface area contributed by atoms with E-state index in [-0.39, 0.29) is 28.5 Å². The monoisotopic (exact) mass is 482 g/mol. The number of hydrogen-bond donors (Lipinski definition) is 3. The second-order valence-electron chi connectivity index (χ2n) is 10.3. The fraction of sp³-hybridized carbons (Fsp3) is 0.458. The lowest BCUT2D eigenvalue weighted by molar-refractivity contribution is 0.0110. The Morgan fingerprint density at radius 1 is 1.24 bits per heavy atom. The first kappa shape index (κ1) is 22.9. The van der Waals surface area contributed by atoms with Crippen LogP contribution in [0.5, 0.6) is 0 Å². The number of sulfonamides is 1. The molecule has 1 aromatic carbocycles. The molecule has 2 aromatic heterocycles. The SMILES string of the molecule is Cc1ccc(S(=O)(=O)NC2(C)C(C)C3=C(C(C)(C)O)C(C)C32)cc1-c1cnc2c(N)ncnn12. The number of rotatable bonds is 5. The van der Waals surface area contributed by atoms with Gasteiger partial charge in [-0.15, -0.1) is 0 Å². The van der Waals surface area contributed by atoms with E-state index in [4.69, 9.17) is 5.73 Å². The van der Waals surface area contributed by atoms with Crippen LogP contribution in [-0.2, 0) is 10.0 Å². The molecule has 0 bridgehead atoms. The number of fused-ring (bicyclic) bond motifs is 2. The molecule has 3 aromatic rings. The first-order valence-corrected chi connectivity index (χ1v) is 12.8. The van der Waals surface area contributed by atoms with Crippen molar-refractivity contribution in [1.82, 2.24) is 24.3 Å². The molecule has 10 heteroatoms. The first-order valence-electron chi connectivity index (χ1n) is 11.3. The molecule has 0 radical (unpaired) electrons. The van der Waals surface area contributed by atoms with Gasteiger partial charge < -0.3 is 10.8 Å². The quantitative estimate of drug-likeness (QED) is 0.476. The number of aromatic nitrogens is 4. The van der Waals surface area contributed by atoms with Crippen LogP contribution in [0.15, 0.2) is 46.8 Å². The van der Waals surface area contributed by atoms with Gasteiger partial charge in [0.05, 0.1) is 22.4 Å². The maximum absolute atomic E-state index is 13.6. The summed E-state index contributed by atoms with van der Waals surface area (Å²) in [5, 5.41) is 14.8. The number of nitrogen functional groups attached to an aromatic ring is 1. The van der Waals surface area contributed by atoms with Crippen molar-refractivity contribution in [3.8, 4) is 11.3 Å². The van der Waals surface area contributed by atoms with Crippen molar-refractivity contribution in [3.05, 3.63) is 47.4 Å². The molecule has 2 heterocycles. The zero-order valence-electron chi connectivity index (χ0n) is 20.2. The van der Waals surface area contributed by atoms with Gasteiger partial charge in [0.15, 0.2) is 11.5 Å². The van der Waals surface area contributed by atoms with Crippen LogP contribution in [0.1, 0.15) is 40.2 Å². The number of nitrogens with one attached hydrogen (secondary N) is 1. The van der Waals surface area contributed by atoms with Crippen molar-refractivity contribution >= 4 is 21.5 Å². The van der Waals surface area contributed by atoms with Gasteiger partial charge in [-0.2, -0.15) is 5.10 Å². The van der Waals surface area contributed by atoms with Gasteiger partial charge >= 0.3 is 0 Å². The largest absolute Gasteiger partial charge is 0.386 e. The Labute approximate surface area is 199 Å². The third-order valence-corrected chi connectivity index (χ3v) is 9.34. The van der Waals surface area contributed by atoms with E-state index in [2.05, 4.69) is 26.7 Å². The van der Waals surface area contributed by atoms with E-state index in [9.17, 15) is 13.5 Å². The summed E-state index contributed by atoms with van der Waals surface area (Å²) in [4.78, 5) is 8.43. The lowest BCUT2D eigenvalue weighted by Crippen LogP contribution is -2.71. The van der Waals surface area contributed by atoms with Crippen LogP contribution in [0, 0.1) is 24.7 Å². The fourth-order valence-corrected chi connectivity index (χ4v) is 7.61. The number of hydrogen-bond acceptors (Lipinski definition) is 7. The molecule has 9 nitrogen and oxygen atoms in total. The summed E-state index contributed by atoms with van der Waals surface area (Å²) in [6.45, 7) is 11.5. The zero-order valence-corrected chi connectivity index (χ0v) is 21.0. The van der Waals surface area contributed by atoms with Gasteiger partial charge in [-0.3, -0.25) is 0 Å². The second-order valence-corrected chi connectivity index (χ2v) is 12.0. The molecule has 4 unspecified atom stereocenters. The Bertz CT molecular complexity index is 1470. The van der Waals surface area contributed by atoms with Gasteiger partial charge in [0, 0.05) is 17.0 Å². The molecule has 34 heavy (non-hydrogen) atoms. The standard InChI is InChI=1S/C24H30N6O3S/c1-12-7-8-15(9-16(12)17-10-26-22-21(25)27-11-28-30(17)22)34(32,33)29-24(6)14(3)18-19(23(4,5)31)13(2)20(18)24/h7-11,13-14,20,29,31H,1-6H3,(H2,25,27,28). The van der Waals surface area contributed by atoms with Crippen molar-refractivity contribution in [2.24, 2.45) is 17.8 Å². The van der Waals surface area contributed by atoms with Crippen LogP contribution >= 0.6 is 0 Å². The van der Waals surface area contributed by atoms with Gasteiger partial charge in [0.25, 0.3) is 0 Å². The summed E-state index contributed by atoms with van der Waals surface area (Å²) in [6.07, 6.45) is 2.96. The molecule has 4 atom stereocenters. The Morgan fingerprint density at radius 2 is 1.94 bits per heavy atom. The van der Waals surface area contributed by atoms with Crippen molar-refractivity contribution in [2.75, 3.05) is 5.73 Å². The predicted octanol–water partition coefficient (Wildman–Crippen LogP) is 2.70. The first-order chi connectivity index (χ1) is 15.8. The lowest BCUT2D eigenvalue weighted by Gasteiger charge is -2.66. The predicted molar refractivity (Wildman–Crippen MR) is 129 cm³/mol. The molecule has 1 fully saturated rings. The molecule has 2 aliphatic carbocycles. The Kier molecular flexibility index (Phi) is 4.79. The van der Waals surface area contributed by atoms with Gasteiger partial charge in [-0.1, -0.05) is 25.5 Å². The van der Waals surface area contributed by atoms with Crippen LogP contribution in [0.25, 0.3) is 16.9 Å². The number of aryl methyl sites for hydroxylation is 1. The fourth-order valence-electron chi connectivity index (χ4n) is 6.08. The summed E-state index contributed by atoms with van der Waals surface area (Å²) in [7, 11) is -3.82. The molecule has 2 aliphatic rings. The molecular formula is C24H30N6O3S. The van der Waals surface area contributed by atoms with Crippen LogP contribution < -0.4 is 10.5 Å². The molecule has 1 saturated carbocycles. The van der Waals surface area contributed by atoms with Crippen molar-refractivity contribution in [3.63, 3.8) is 0 Å². The number of nitrogens with two attached hydrogens (primary N) is 1. The van der Waals surface area contributed by atoms with Crippen molar-refractivity contribution < 1.29 is 13.5 Å². The highest BCUT2D eigenvalue weighted by atomic mass is 32.2. The van der Waals surface area contributed by atoms with Crippen molar-refractivity contribution in [1.29, 1.82) is 0 Å². The zero-order chi connectivity index (χ0) is 24.8. The van der Waals surface area contributed by atoms with Crippen LogP contribution in [0.2, 0.25) is 0 Å². The third-order valence-electron chi connectivity index (χ3n) is 7.75. The second kappa shape index (κ2) is 7.10. The summed E-state index contributed by atoms with van der Waals surface area (Å²) in [5.41, 5.74) is 9.23. The number of aliphatic hydroxyl groups is 1. The lowest BCUT2D eigenvalue weighted by atomic mass is 9.42. The number of anilines is 1. The van der Waals surface area contributed by atoms with E-state index in [0.29, 0.717) is 16.9 Å². The van der Waals surface area contributed by atoms with Gasteiger partial charge in [0.2, 0.25) is 10.0 Å².